The third-order valence-electron chi connectivity index (χ3n) is 16.7. The molecule has 9 heterocycles. The second-order valence-corrected chi connectivity index (χ2v) is 21.8. The van der Waals surface area contributed by atoms with E-state index in [1.807, 2.05) is 33.2 Å². The summed E-state index contributed by atoms with van der Waals surface area (Å²) in [6.45, 7) is 13.2. The zero-order chi connectivity index (χ0) is 48.8. The summed E-state index contributed by atoms with van der Waals surface area (Å²) in [5.41, 5.74) is 4.07. The van der Waals surface area contributed by atoms with Gasteiger partial charge in [-0.2, -0.15) is 10.2 Å². The molecular formula is C52H52F2N10O7. The maximum Gasteiger partial charge on any atom is 0.438 e. The highest BCUT2D eigenvalue weighted by molar-refractivity contribution is 6.10. The summed E-state index contributed by atoms with van der Waals surface area (Å²) in [7, 11) is 0. The fraction of sp³-hybridized carbons (Fsp3) is 0.462. The molecule has 0 radical (unpaired) electrons. The van der Waals surface area contributed by atoms with Crippen LogP contribution in [0.25, 0.3) is 27.5 Å². The molecule has 2 saturated carbocycles. The number of hydrogen-bond acceptors (Lipinski definition) is 10. The SMILES string of the molecule is Cc1cc(-n2nc3c(c2N2C[C@@H]4COc5cc6c(cnn6C6CC6)c(F)c5N4C2=O)[C@H](C)N(C(=O)c2cc4cc5c(cc4n2[C@@]2(c4noc(=O)[nH]4)C[C@@H]2C)OC[C@]52CCOC(C)(C)C2)CC3)cc(C)c1F. The number of H-pyrrole nitrogens is 1. The molecule has 7 aliphatic rings. The molecule has 17 nitrogen and oxygen atoms in total. The van der Waals surface area contributed by atoms with Gasteiger partial charge >= 0.3 is 11.8 Å². The topological polar surface area (TPSA) is 171 Å². The van der Waals surface area contributed by atoms with Crippen molar-refractivity contribution in [3.8, 4) is 17.2 Å². The summed E-state index contributed by atoms with van der Waals surface area (Å²) >= 11 is 0. The van der Waals surface area contributed by atoms with Crippen molar-refractivity contribution in [3.63, 3.8) is 0 Å². The lowest BCUT2D eigenvalue weighted by Crippen LogP contribution is -2.44. The number of rotatable bonds is 6. The van der Waals surface area contributed by atoms with Gasteiger partial charge in [-0.3, -0.25) is 28.8 Å². The number of carbonyl (C=O) groups is 2. The van der Waals surface area contributed by atoms with Gasteiger partial charge in [0.15, 0.2) is 11.6 Å². The summed E-state index contributed by atoms with van der Waals surface area (Å²) in [5, 5.41) is 15.0. The number of ether oxygens (including phenoxy) is 3. The molecule has 71 heavy (non-hydrogen) atoms. The molecule has 0 bridgehead atoms. The highest BCUT2D eigenvalue weighted by Gasteiger charge is 2.60. The van der Waals surface area contributed by atoms with E-state index in [0.717, 1.165) is 47.9 Å². The number of urea groups is 1. The minimum atomic E-state index is -0.912. The minimum absolute atomic E-state index is 0.0378. The standard InChI is InChI=1S/C52H52F2N10O7/c1-25-13-31(14-26(2)42(25)53)64-45(60-21-32-22-68-40-18-37-33(20-55-63(37)30-7-8-30)43(54)44(40)61(32)49(60)67)41-28(4)59(11-9-35(41)57-64)46(65)38-16-29-15-34-39(69-24-51(34)10-12-70-50(5,6)23-51)17-36(29)62(38)52(19-27(52)3)47-56-48(66)71-58-47/h13-18,20,27-28,30,32H,7-12,19,21-24H2,1-6H3,(H,56,58,66)/t27-,28-,32+,51+,52-/m0/s1. The number of nitrogens with one attached hydrogen (secondary N) is 1. The van der Waals surface area contributed by atoms with Crippen molar-refractivity contribution in [2.45, 2.75) is 115 Å². The highest BCUT2D eigenvalue weighted by atomic mass is 19.1. The van der Waals surface area contributed by atoms with Crippen molar-refractivity contribution in [1.29, 1.82) is 0 Å². The summed E-state index contributed by atoms with van der Waals surface area (Å²) in [6.07, 6.45) is 5.93. The van der Waals surface area contributed by atoms with E-state index in [1.54, 1.807) is 41.6 Å². The fourth-order valence-electron chi connectivity index (χ4n) is 13.1. The van der Waals surface area contributed by atoms with Crippen LogP contribution in [0.5, 0.6) is 11.5 Å². The van der Waals surface area contributed by atoms with Crippen LogP contribution in [0, 0.1) is 31.4 Å². The van der Waals surface area contributed by atoms with Crippen molar-refractivity contribution < 1.29 is 37.1 Å². The van der Waals surface area contributed by atoms with Gasteiger partial charge in [-0.05, 0) is 108 Å². The molecule has 5 atom stereocenters. The number of benzene rings is 3. The predicted octanol–water partition coefficient (Wildman–Crippen LogP) is 8.05. The largest absolute Gasteiger partial charge is 0.492 e. The van der Waals surface area contributed by atoms with Crippen molar-refractivity contribution in [2.75, 3.05) is 42.7 Å². The van der Waals surface area contributed by atoms with Crippen molar-refractivity contribution in [1.82, 2.24) is 39.2 Å². The van der Waals surface area contributed by atoms with Crippen LogP contribution in [0.15, 0.2) is 51.9 Å². The molecule has 1 spiro atoms. The Morgan fingerprint density at radius 2 is 1.72 bits per heavy atom. The van der Waals surface area contributed by atoms with Crippen molar-refractivity contribution in [3.05, 3.63) is 104 Å². The van der Waals surface area contributed by atoms with Gasteiger partial charge < -0.3 is 23.7 Å². The van der Waals surface area contributed by atoms with Crippen LogP contribution < -0.4 is 25.0 Å². The van der Waals surface area contributed by atoms with Gasteiger partial charge in [0.2, 0.25) is 0 Å². The number of aromatic nitrogens is 7. The second kappa shape index (κ2) is 14.3. The van der Waals surface area contributed by atoms with E-state index in [9.17, 15) is 4.79 Å². The average molecular weight is 967 g/mol. The minimum Gasteiger partial charge on any atom is -0.492 e. The second-order valence-electron chi connectivity index (χ2n) is 21.8. The monoisotopic (exact) mass is 966 g/mol. The van der Waals surface area contributed by atoms with Crippen LogP contribution in [-0.2, 0) is 22.1 Å². The number of aryl methyl sites for hydroxylation is 2. The van der Waals surface area contributed by atoms with Crippen molar-refractivity contribution in [2.24, 2.45) is 5.92 Å². The van der Waals surface area contributed by atoms with Gasteiger partial charge in [-0.25, -0.2) is 23.1 Å². The van der Waals surface area contributed by atoms with E-state index in [1.165, 1.54) is 11.1 Å². The molecule has 19 heteroatoms. The van der Waals surface area contributed by atoms with E-state index in [4.69, 9.17) is 23.8 Å². The van der Waals surface area contributed by atoms with Crippen molar-refractivity contribution >= 4 is 45.2 Å². The molecule has 2 saturated heterocycles. The average Bonchev–Trinajstić information content (AvgIpc) is 3.78. The van der Waals surface area contributed by atoms with Gasteiger partial charge in [-0.1, -0.05) is 12.1 Å². The lowest BCUT2D eigenvalue weighted by Gasteiger charge is -2.42. The third kappa shape index (κ3) is 5.92. The number of nitrogens with zero attached hydrogens (tertiary/aromatic N) is 9. The maximum absolute atomic E-state index is 16.9. The smallest absolute Gasteiger partial charge is 0.438 e. The first kappa shape index (κ1) is 42.8. The highest BCUT2D eigenvalue weighted by Crippen LogP contribution is 2.58. The van der Waals surface area contributed by atoms with E-state index in [2.05, 4.69) is 42.1 Å². The first-order valence-corrected chi connectivity index (χ1v) is 24.7. The fourth-order valence-corrected chi connectivity index (χ4v) is 13.1. The molecule has 4 fully saturated rings. The molecular weight excluding hydrogens is 915 g/mol. The van der Waals surface area contributed by atoms with E-state index in [0.29, 0.717) is 82.4 Å². The molecule has 3 amide bonds. The molecule has 4 aromatic heterocycles. The number of fused-ring (bicyclic) bond motifs is 8. The first-order chi connectivity index (χ1) is 34.1. The van der Waals surface area contributed by atoms with E-state index >= 15 is 18.4 Å². The molecule has 366 valence electrons. The Hall–Kier alpha value is -7.02. The Kier molecular flexibility index (Phi) is 8.64. The summed E-state index contributed by atoms with van der Waals surface area (Å²) in [6, 6.07) is 9.82. The summed E-state index contributed by atoms with van der Waals surface area (Å²) < 4.78 is 61.8. The summed E-state index contributed by atoms with van der Waals surface area (Å²) in [4.78, 5) is 51.4. The molecule has 0 unspecified atom stereocenters. The van der Waals surface area contributed by atoms with Crippen LogP contribution in [0.4, 0.5) is 25.1 Å². The maximum atomic E-state index is 16.9. The molecule has 14 rings (SSSR count). The van der Waals surface area contributed by atoms with Gasteiger partial charge in [0.1, 0.15) is 46.7 Å². The number of amides is 3. The van der Waals surface area contributed by atoms with E-state index < -0.39 is 35.2 Å². The zero-order valence-electron chi connectivity index (χ0n) is 40.3. The van der Waals surface area contributed by atoms with E-state index in [-0.39, 0.29) is 65.8 Å². The molecule has 7 aromatic rings. The number of hydrogen-bond donors (Lipinski definition) is 1. The molecule has 2 aliphatic carbocycles. The number of halogens is 2. The zero-order valence-corrected chi connectivity index (χ0v) is 40.3. The molecule has 3 aromatic carbocycles. The molecule has 5 aliphatic heterocycles. The van der Waals surface area contributed by atoms with Crippen LogP contribution in [0.1, 0.15) is 116 Å². The first-order valence-electron chi connectivity index (χ1n) is 24.7. The van der Waals surface area contributed by atoms with Crippen LogP contribution in [0.2, 0.25) is 0 Å². The Morgan fingerprint density at radius 3 is 2.44 bits per heavy atom. The number of anilines is 2. The molecule has 1 N–H and O–H groups in total. The summed E-state index contributed by atoms with van der Waals surface area (Å²) in [5.74, 6) is -0.161. The lowest BCUT2D eigenvalue weighted by molar-refractivity contribution is -0.0849. The van der Waals surface area contributed by atoms with Gasteiger partial charge in [-0.15, -0.1) is 0 Å². The quantitative estimate of drug-likeness (QED) is 0.172. The van der Waals surface area contributed by atoms with Crippen LogP contribution >= 0.6 is 0 Å². The Balaban J connectivity index is 0.900. The Labute approximate surface area is 405 Å². The number of aromatic amines is 1. The van der Waals surface area contributed by atoms with Gasteiger partial charge in [0.05, 0.1) is 70.9 Å². The number of carbonyl (C=O) groups excluding carboxylic acids is 2. The Morgan fingerprint density at radius 1 is 0.944 bits per heavy atom. The van der Waals surface area contributed by atoms with Crippen LogP contribution in [0.3, 0.4) is 0 Å². The van der Waals surface area contributed by atoms with Gasteiger partial charge in [0.25, 0.3) is 5.91 Å². The normalized spacial score (nSPS) is 26.2. The van der Waals surface area contributed by atoms with Gasteiger partial charge in [0, 0.05) is 53.6 Å². The lowest BCUT2D eigenvalue weighted by atomic mass is 9.70. The third-order valence-corrected chi connectivity index (χ3v) is 16.7. The predicted molar refractivity (Wildman–Crippen MR) is 255 cm³/mol. The Bertz CT molecular complexity index is 3540. The van der Waals surface area contributed by atoms with Crippen LogP contribution in [-0.4, -0.2) is 95.7 Å².